The van der Waals surface area contributed by atoms with E-state index in [2.05, 4.69) is 5.32 Å². The second kappa shape index (κ2) is 5.87. The molecular weight excluding hydrogens is 230 g/mol. The Morgan fingerprint density at radius 2 is 2.00 bits per heavy atom. The van der Waals surface area contributed by atoms with Gasteiger partial charge in [0.15, 0.2) is 0 Å². The van der Waals surface area contributed by atoms with Gasteiger partial charge in [-0.05, 0) is 30.5 Å². The van der Waals surface area contributed by atoms with Gasteiger partial charge in [0.2, 0.25) is 5.91 Å². The van der Waals surface area contributed by atoms with E-state index < -0.39 is 0 Å². The third-order valence-corrected chi connectivity index (χ3v) is 3.54. The highest BCUT2D eigenvalue weighted by molar-refractivity contribution is 5.78. The number of nitrogens with one attached hydrogen (secondary N) is 1. The molecular formula is C14H19NO3. The molecule has 0 spiro atoms. The van der Waals surface area contributed by atoms with Gasteiger partial charge in [-0.15, -0.1) is 0 Å². The number of carbonyl (C=O) groups excluding carboxylic acids is 1. The minimum absolute atomic E-state index is 0.0222. The van der Waals surface area contributed by atoms with Crippen molar-refractivity contribution in [3.63, 3.8) is 0 Å². The normalized spacial score (nSPS) is 22.9. The summed E-state index contributed by atoms with van der Waals surface area (Å²) in [5.41, 5.74) is 0.879. The second-order valence-corrected chi connectivity index (χ2v) is 4.89. The Hall–Kier alpha value is -1.55. The van der Waals surface area contributed by atoms with Crippen molar-refractivity contribution in [3.8, 4) is 5.75 Å². The Bertz CT molecular complexity index is 402. The van der Waals surface area contributed by atoms with Crippen molar-refractivity contribution >= 4 is 5.91 Å². The number of benzene rings is 1. The highest BCUT2D eigenvalue weighted by Gasteiger charge is 2.27. The number of hydrogen-bond donors (Lipinski definition) is 3. The zero-order valence-corrected chi connectivity index (χ0v) is 10.3. The fourth-order valence-corrected chi connectivity index (χ4v) is 2.50. The lowest BCUT2D eigenvalue weighted by Gasteiger charge is -2.19. The first-order chi connectivity index (χ1) is 8.69. The van der Waals surface area contributed by atoms with E-state index in [1.54, 1.807) is 24.3 Å². The molecule has 2 atom stereocenters. The van der Waals surface area contributed by atoms with Crippen molar-refractivity contribution in [3.05, 3.63) is 29.8 Å². The number of amides is 1. The molecule has 4 heteroatoms. The Kier molecular flexibility index (Phi) is 4.20. The van der Waals surface area contributed by atoms with Gasteiger partial charge < -0.3 is 15.5 Å². The molecule has 1 aliphatic carbocycles. The third kappa shape index (κ3) is 3.23. The first-order valence-corrected chi connectivity index (χ1v) is 6.37. The SMILES string of the molecule is O=C(Cc1ccc(O)cc1)NC1CCCC1CO. The monoisotopic (exact) mass is 249 g/mol. The lowest BCUT2D eigenvalue weighted by atomic mass is 10.0. The van der Waals surface area contributed by atoms with Gasteiger partial charge in [-0.1, -0.05) is 18.6 Å². The summed E-state index contributed by atoms with van der Waals surface area (Å²) in [6.45, 7) is 0.143. The predicted molar refractivity (Wildman–Crippen MR) is 68.2 cm³/mol. The third-order valence-electron chi connectivity index (χ3n) is 3.54. The van der Waals surface area contributed by atoms with Gasteiger partial charge in [-0.25, -0.2) is 0 Å². The van der Waals surface area contributed by atoms with Crippen LogP contribution in [0, 0.1) is 5.92 Å². The molecule has 18 heavy (non-hydrogen) atoms. The standard InChI is InChI=1S/C14H19NO3/c16-9-11-2-1-3-13(11)15-14(18)8-10-4-6-12(17)7-5-10/h4-7,11,13,16-17H,1-3,8-9H2,(H,15,18). The lowest BCUT2D eigenvalue weighted by Crippen LogP contribution is -2.39. The summed E-state index contributed by atoms with van der Waals surface area (Å²) in [4.78, 5) is 11.9. The number of aliphatic hydroxyl groups excluding tert-OH is 1. The molecule has 0 heterocycles. The van der Waals surface area contributed by atoms with Crippen molar-refractivity contribution in [1.82, 2.24) is 5.32 Å². The topological polar surface area (TPSA) is 69.6 Å². The summed E-state index contributed by atoms with van der Waals surface area (Å²) >= 11 is 0. The minimum atomic E-state index is -0.0222. The quantitative estimate of drug-likeness (QED) is 0.751. The summed E-state index contributed by atoms with van der Waals surface area (Å²) in [5.74, 6) is 0.384. The van der Waals surface area contributed by atoms with E-state index in [4.69, 9.17) is 5.11 Å². The van der Waals surface area contributed by atoms with Crippen LogP contribution in [0.3, 0.4) is 0 Å². The molecule has 1 fully saturated rings. The number of phenols is 1. The molecule has 0 radical (unpaired) electrons. The van der Waals surface area contributed by atoms with E-state index in [9.17, 15) is 9.90 Å². The fourth-order valence-electron chi connectivity index (χ4n) is 2.50. The van der Waals surface area contributed by atoms with Crippen molar-refractivity contribution in [2.24, 2.45) is 5.92 Å². The Balaban J connectivity index is 1.86. The predicted octanol–water partition coefficient (Wildman–Crippen LogP) is 1.21. The van der Waals surface area contributed by atoms with Crippen LogP contribution in [-0.4, -0.2) is 28.8 Å². The maximum Gasteiger partial charge on any atom is 0.224 e. The Morgan fingerprint density at radius 3 is 2.67 bits per heavy atom. The Labute approximate surface area is 107 Å². The van der Waals surface area contributed by atoms with Crippen LogP contribution in [0.2, 0.25) is 0 Å². The molecule has 2 rings (SSSR count). The molecule has 0 saturated heterocycles. The molecule has 98 valence electrons. The van der Waals surface area contributed by atoms with Crippen LogP contribution >= 0.6 is 0 Å². The second-order valence-electron chi connectivity index (χ2n) is 4.89. The minimum Gasteiger partial charge on any atom is -0.508 e. The maximum absolute atomic E-state index is 11.9. The van der Waals surface area contributed by atoms with Gasteiger partial charge in [0.25, 0.3) is 0 Å². The van der Waals surface area contributed by atoms with Crippen LogP contribution in [-0.2, 0) is 11.2 Å². The first-order valence-electron chi connectivity index (χ1n) is 6.37. The Morgan fingerprint density at radius 1 is 1.28 bits per heavy atom. The number of aliphatic hydroxyl groups is 1. The summed E-state index contributed by atoms with van der Waals surface area (Å²) in [6.07, 6.45) is 3.32. The number of hydrogen-bond acceptors (Lipinski definition) is 3. The van der Waals surface area contributed by atoms with E-state index in [1.807, 2.05) is 0 Å². The zero-order valence-electron chi connectivity index (χ0n) is 10.3. The van der Waals surface area contributed by atoms with Crippen LogP contribution in [0.1, 0.15) is 24.8 Å². The molecule has 3 N–H and O–H groups in total. The summed E-state index contributed by atoms with van der Waals surface area (Å²) < 4.78 is 0. The zero-order chi connectivity index (χ0) is 13.0. The van der Waals surface area contributed by atoms with Gasteiger partial charge in [0.05, 0.1) is 6.42 Å². The number of aromatic hydroxyl groups is 1. The van der Waals surface area contributed by atoms with Crippen LogP contribution < -0.4 is 5.32 Å². The largest absolute Gasteiger partial charge is 0.508 e. The van der Waals surface area contributed by atoms with Crippen LogP contribution in [0.4, 0.5) is 0 Å². The molecule has 2 unspecified atom stereocenters. The van der Waals surface area contributed by atoms with Gasteiger partial charge >= 0.3 is 0 Å². The van der Waals surface area contributed by atoms with Gasteiger partial charge in [0.1, 0.15) is 5.75 Å². The van der Waals surface area contributed by atoms with Crippen LogP contribution in [0.25, 0.3) is 0 Å². The van der Waals surface area contributed by atoms with E-state index >= 15 is 0 Å². The van der Waals surface area contributed by atoms with E-state index in [1.165, 1.54) is 0 Å². The molecule has 0 aliphatic heterocycles. The molecule has 1 saturated carbocycles. The molecule has 1 aromatic rings. The molecule has 1 amide bonds. The van der Waals surface area contributed by atoms with Crippen molar-refractivity contribution < 1.29 is 15.0 Å². The average molecular weight is 249 g/mol. The van der Waals surface area contributed by atoms with E-state index in [0.29, 0.717) is 6.42 Å². The van der Waals surface area contributed by atoms with E-state index in [0.717, 1.165) is 24.8 Å². The highest BCUT2D eigenvalue weighted by Crippen LogP contribution is 2.25. The molecule has 1 aromatic carbocycles. The molecule has 1 aliphatic rings. The first kappa shape index (κ1) is 12.9. The summed E-state index contributed by atoms with van der Waals surface area (Å²) in [5, 5.41) is 21.3. The maximum atomic E-state index is 11.9. The lowest BCUT2D eigenvalue weighted by molar-refractivity contribution is -0.121. The number of rotatable bonds is 4. The van der Waals surface area contributed by atoms with Gasteiger partial charge in [-0.3, -0.25) is 4.79 Å². The average Bonchev–Trinajstić information content (AvgIpc) is 2.79. The van der Waals surface area contributed by atoms with Crippen LogP contribution in [0.5, 0.6) is 5.75 Å². The van der Waals surface area contributed by atoms with Gasteiger partial charge in [0, 0.05) is 18.6 Å². The smallest absolute Gasteiger partial charge is 0.224 e. The van der Waals surface area contributed by atoms with Gasteiger partial charge in [-0.2, -0.15) is 0 Å². The molecule has 0 bridgehead atoms. The van der Waals surface area contributed by atoms with Crippen LogP contribution in [0.15, 0.2) is 24.3 Å². The van der Waals surface area contributed by atoms with E-state index in [-0.39, 0.29) is 30.2 Å². The van der Waals surface area contributed by atoms with Crippen molar-refractivity contribution in [2.75, 3.05) is 6.61 Å². The van der Waals surface area contributed by atoms with Crippen molar-refractivity contribution in [1.29, 1.82) is 0 Å². The number of carbonyl (C=O) groups is 1. The molecule has 4 nitrogen and oxygen atoms in total. The molecule has 0 aromatic heterocycles. The fraction of sp³-hybridized carbons (Fsp3) is 0.500. The summed E-state index contributed by atoms with van der Waals surface area (Å²) in [7, 11) is 0. The van der Waals surface area contributed by atoms with Crippen molar-refractivity contribution in [2.45, 2.75) is 31.7 Å². The highest BCUT2D eigenvalue weighted by atomic mass is 16.3. The summed E-state index contributed by atoms with van der Waals surface area (Å²) in [6, 6.07) is 6.75. The number of phenolic OH excluding ortho intramolecular Hbond substituents is 1.